The first-order valence-electron chi connectivity index (χ1n) is 4.47. The van der Waals surface area contributed by atoms with Gasteiger partial charge in [-0.3, -0.25) is 4.79 Å². The Bertz CT molecular complexity index is 703. The second-order valence-corrected chi connectivity index (χ2v) is 3.20. The maximum atomic E-state index is 11.0. The smallest absolute Gasteiger partial charge is 0.288 e. The lowest BCUT2D eigenvalue weighted by molar-refractivity contribution is 0.604. The van der Waals surface area contributed by atoms with Crippen molar-refractivity contribution >= 4 is 22.0 Å². The lowest BCUT2D eigenvalue weighted by atomic mass is 10.2. The van der Waals surface area contributed by atoms with E-state index in [1.54, 1.807) is 12.3 Å². The molecule has 0 amide bonds. The summed E-state index contributed by atoms with van der Waals surface area (Å²) in [4.78, 5) is 18.9. The Hall–Kier alpha value is -2.23. The largest absolute Gasteiger partial charge is 0.464 e. The van der Waals surface area contributed by atoms with Crippen molar-refractivity contribution in [3.8, 4) is 0 Å². The molecule has 0 saturated carbocycles. The molecule has 0 spiro atoms. The van der Waals surface area contributed by atoms with E-state index >= 15 is 0 Å². The fraction of sp³-hybridized carbons (Fsp3) is 0. The first kappa shape index (κ1) is 8.11. The van der Waals surface area contributed by atoms with Crippen molar-refractivity contribution in [2.24, 2.45) is 0 Å². The van der Waals surface area contributed by atoms with Gasteiger partial charge in [-0.25, -0.2) is 9.97 Å². The molecule has 72 valence electrons. The van der Waals surface area contributed by atoms with Crippen LogP contribution in [0, 0.1) is 0 Å². The van der Waals surface area contributed by atoms with Gasteiger partial charge in [-0.15, -0.1) is 0 Å². The molecule has 1 aromatic carbocycles. The van der Waals surface area contributed by atoms with Crippen LogP contribution >= 0.6 is 0 Å². The van der Waals surface area contributed by atoms with Crippen LogP contribution in [0.1, 0.15) is 0 Å². The van der Waals surface area contributed by atoms with Crippen molar-refractivity contribution < 1.29 is 4.42 Å². The highest BCUT2D eigenvalue weighted by Gasteiger charge is 2.01. The summed E-state index contributed by atoms with van der Waals surface area (Å²) in [6, 6.07) is 7.30. The third-order valence-electron chi connectivity index (χ3n) is 2.20. The van der Waals surface area contributed by atoms with Crippen LogP contribution in [0.25, 0.3) is 22.0 Å². The van der Waals surface area contributed by atoms with Crippen molar-refractivity contribution in [3.63, 3.8) is 0 Å². The molecular formula is C11H6N2O2. The molecule has 0 aliphatic carbocycles. The van der Waals surface area contributed by atoms with E-state index in [0.29, 0.717) is 16.6 Å². The molecule has 2 aromatic heterocycles. The lowest BCUT2D eigenvalue weighted by Crippen LogP contribution is -2.04. The predicted molar refractivity (Wildman–Crippen MR) is 55.6 cm³/mol. The van der Waals surface area contributed by atoms with Crippen LogP contribution in [0.15, 0.2) is 45.9 Å². The van der Waals surface area contributed by atoms with E-state index in [1.807, 2.05) is 18.2 Å². The highest BCUT2D eigenvalue weighted by molar-refractivity contribution is 5.91. The standard InChI is InChI=1S/C11H6N2O2/c14-11-6-12-8-4-7-2-1-3-15-10(7)5-9(8)13-11/h1-6H. The van der Waals surface area contributed by atoms with E-state index in [-0.39, 0.29) is 5.56 Å². The molecule has 15 heavy (non-hydrogen) atoms. The summed E-state index contributed by atoms with van der Waals surface area (Å²) in [5, 5.41) is 0.943. The Morgan fingerprint density at radius 3 is 3.07 bits per heavy atom. The van der Waals surface area contributed by atoms with Gasteiger partial charge in [0.1, 0.15) is 5.58 Å². The van der Waals surface area contributed by atoms with Crippen LogP contribution in [0.2, 0.25) is 0 Å². The molecule has 3 aromatic rings. The number of nitrogens with zero attached hydrogens (tertiary/aromatic N) is 2. The molecule has 0 radical (unpaired) electrons. The Kier molecular flexibility index (Phi) is 1.56. The van der Waals surface area contributed by atoms with Gasteiger partial charge in [-0.05, 0) is 18.2 Å². The molecule has 4 heteroatoms. The quantitative estimate of drug-likeness (QED) is 0.516. The number of hydrogen-bond donors (Lipinski definition) is 0. The second kappa shape index (κ2) is 2.88. The summed E-state index contributed by atoms with van der Waals surface area (Å²) in [7, 11) is 0. The van der Waals surface area contributed by atoms with E-state index in [1.165, 1.54) is 6.20 Å². The van der Waals surface area contributed by atoms with Crippen LogP contribution in [0.3, 0.4) is 0 Å². The molecule has 0 atom stereocenters. The van der Waals surface area contributed by atoms with E-state index < -0.39 is 0 Å². The van der Waals surface area contributed by atoms with Gasteiger partial charge < -0.3 is 4.42 Å². The maximum Gasteiger partial charge on any atom is 0.288 e. The predicted octanol–water partition coefficient (Wildman–Crippen LogP) is 1.74. The number of aromatic nitrogens is 2. The van der Waals surface area contributed by atoms with Crippen LogP contribution in [-0.4, -0.2) is 9.97 Å². The van der Waals surface area contributed by atoms with E-state index in [2.05, 4.69) is 9.97 Å². The fourth-order valence-electron chi connectivity index (χ4n) is 1.53. The Morgan fingerprint density at radius 2 is 2.13 bits per heavy atom. The molecule has 2 heterocycles. The maximum absolute atomic E-state index is 11.0. The minimum Gasteiger partial charge on any atom is -0.464 e. The zero-order valence-electron chi connectivity index (χ0n) is 7.68. The van der Waals surface area contributed by atoms with Gasteiger partial charge in [0.2, 0.25) is 0 Å². The van der Waals surface area contributed by atoms with Gasteiger partial charge in [0, 0.05) is 11.5 Å². The molecule has 4 nitrogen and oxygen atoms in total. The van der Waals surface area contributed by atoms with Gasteiger partial charge in [0.25, 0.3) is 5.56 Å². The average Bonchev–Trinajstić information content (AvgIpc) is 2.26. The molecule has 0 saturated heterocycles. The minimum atomic E-state index is -0.335. The highest BCUT2D eigenvalue weighted by atomic mass is 16.3. The van der Waals surface area contributed by atoms with Crippen molar-refractivity contribution in [2.45, 2.75) is 0 Å². The summed E-state index contributed by atoms with van der Waals surface area (Å²) < 4.78 is 5.29. The minimum absolute atomic E-state index is 0.335. The highest BCUT2D eigenvalue weighted by Crippen LogP contribution is 2.18. The summed E-state index contributed by atoms with van der Waals surface area (Å²) >= 11 is 0. The van der Waals surface area contributed by atoms with Gasteiger partial charge in [-0.2, -0.15) is 0 Å². The summed E-state index contributed by atoms with van der Waals surface area (Å²) in [6.45, 7) is 0. The monoisotopic (exact) mass is 198 g/mol. The van der Waals surface area contributed by atoms with E-state index in [0.717, 1.165) is 5.39 Å². The molecule has 0 N–H and O–H groups in total. The van der Waals surface area contributed by atoms with Gasteiger partial charge in [0.05, 0.1) is 23.5 Å². The number of hydrogen-bond acceptors (Lipinski definition) is 4. The first-order chi connectivity index (χ1) is 7.33. The molecule has 0 aliphatic rings. The van der Waals surface area contributed by atoms with Crippen LogP contribution in [0.5, 0.6) is 0 Å². The Labute approximate surface area is 84.2 Å². The normalized spacial score (nSPS) is 10.9. The fourth-order valence-corrected chi connectivity index (χ4v) is 1.53. The number of benzene rings is 1. The first-order valence-corrected chi connectivity index (χ1v) is 4.47. The third kappa shape index (κ3) is 1.27. The lowest BCUT2D eigenvalue weighted by Gasteiger charge is -1.98. The summed E-state index contributed by atoms with van der Waals surface area (Å²) in [6.07, 6.45) is 2.80. The van der Waals surface area contributed by atoms with Gasteiger partial charge in [-0.1, -0.05) is 0 Å². The second-order valence-electron chi connectivity index (χ2n) is 3.20. The van der Waals surface area contributed by atoms with Crippen LogP contribution < -0.4 is 5.56 Å². The van der Waals surface area contributed by atoms with Crippen molar-refractivity contribution in [3.05, 3.63) is 47.1 Å². The average molecular weight is 198 g/mol. The molecule has 0 bridgehead atoms. The Morgan fingerprint density at radius 1 is 1.20 bits per heavy atom. The molecule has 0 fully saturated rings. The SMILES string of the molecule is O=c1cnc2cc3cccoc3cc2n1. The molecule has 0 aliphatic heterocycles. The van der Waals surface area contributed by atoms with Crippen molar-refractivity contribution in [1.29, 1.82) is 0 Å². The van der Waals surface area contributed by atoms with Crippen LogP contribution in [-0.2, 0) is 0 Å². The van der Waals surface area contributed by atoms with Crippen molar-refractivity contribution in [2.75, 3.05) is 0 Å². The zero-order chi connectivity index (χ0) is 10.3. The van der Waals surface area contributed by atoms with E-state index in [9.17, 15) is 4.79 Å². The number of rotatable bonds is 0. The van der Waals surface area contributed by atoms with Gasteiger partial charge in [0.15, 0.2) is 0 Å². The topological polar surface area (TPSA) is 56.0 Å². The summed E-state index contributed by atoms with van der Waals surface area (Å²) in [5.74, 6) is 0. The zero-order valence-corrected chi connectivity index (χ0v) is 7.68. The third-order valence-corrected chi connectivity index (χ3v) is 2.20. The Balaban J connectivity index is 2.53. The number of fused-ring (bicyclic) bond motifs is 2. The van der Waals surface area contributed by atoms with E-state index in [4.69, 9.17) is 4.42 Å². The molecule has 3 rings (SSSR count). The summed E-state index contributed by atoms with van der Waals surface area (Å²) in [5.41, 5.74) is 1.62. The molecular weight excluding hydrogens is 192 g/mol. The molecule has 0 unspecified atom stereocenters. The van der Waals surface area contributed by atoms with Crippen LogP contribution in [0.4, 0.5) is 0 Å². The van der Waals surface area contributed by atoms with Gasteiger partial charge >= 0.3 is 0 Å². The van der Waals surface area contributed by atoms with Crippen molar-refractivity contribution in [1.82, 2.24) is 9.97 Å².